The van der Waals surface area contributed by atoms with Crippen molar-refractivity contribution in [2.45, 2.75) is 45.2 Å². The molecule has 2 aromatic rings. The molecule has 9 heteroatoms. The number of furan rings is 2. The molecule has 6 rings (SSSR count). The lowest BCUT2D eigenvalue weighted by Gasteiger charge is -2.67. The summed E-state index contributed by atoms with van der Waals surface area (Å²) >= 11 is 6.19. The predicted molar refractivity (Wildman–Crippen MR) is 131 cm³/mol. The van der Waals surface area contributed by atoms with Gasteiger partial charge < -0.3 is 13.7 Å². The van der Waals surface area contributed by atoms with Crippen molar-refractivity contribution in [1.29, 1.82) is 10.5 Å². The Hall–Kier alpha value is -2.98. The van der Waals surface area contributed by atoms with Crippen LogP contribution in [0.25, 0.3) is 0 Å². The van der Waals surface area contributed by atoms with Crippen LogP contribution in [0.5, 0.6) is 0 Å². The van der Waals surface area contributed by atoms with E-state index in [0.29, 0.717) is 44.5 Å². The summed E-state index contributed by atoms with van der Waals surface area (Å²) in [5.41, 5.74) is -2.39. The highest BCUT2D eigenvalue weighted by Gasteiger charge is 2.75. The third-order valence-electron chi connectivity index (χ3n) is 8.57. The van der Waals surface area contributed by atoms with Crippen LogP contribution < -0.4 is 0 Å². The van der Waals surface area contributed by atoms with Crippen LogP contribution in [-0.2, 0) is 13.1 Å². The average molecular weight is 489 g/mol. The van der Waals surface area contributed by atoms with E-state index in [1.807, 2.05) is 29.2 Å². The van der Waals surface area contributed by atoms with Crippen LogP contribution in [0.2, 0.25) is 0 Å². The van der Waals surface area contributed by atoms with Crippen molar-refractivity contribution >= 4 is 23.0 Å². The molecule has 0 unspecified atom stereocenters. The van der Waals surface area contributed by atoms with Crippen LogP contribution in [-0.4, -0.2) is 52.0 Å². The van der Waals surface area contributed by atoms with E-state index in [1.54, 1.807) is 12.5 Å². The molecule has 8 nitrogen and oxygen atoms in total. The minimum absolute atomic E-state index is 0.465. The molecule has 0 N–H and O–H groups in total. The smallest absolute Gasteiger partial charge is 0.135 e. The maximum atomic E-state index is 11.0. The molecule has 3 aliphatic heterocycles. The Morgan fingerprint density at radius 3 is 2.14 bits per heavy atom. The molecular weight excluding hydrogens is 460 g/mol. The highest BCUT2D eigenvalue weighted by atomic mass is 32.1. The molecule has 1 saturated carbocycles. The third kappa shape index (κ3) is 3.09. The molecule has 0 aromatic carbocycles. The first-order chi connectivity index (χ1) is 17.1. The van der Waals surface area contributed by atoms with Gasteiger partial charge in [0.25, 0.3) is 0 Å². The van der Waals surface area contributed by atoms with E-state index in [1.165, 1.54) is 0 Å². The summed E-state index contributed by atoms with van der Waals surface area (Å²) in [6, 6.07) is 13.1. The Labute approximate surface area is 210 Å². The summed E-state index contributed by atoms with van der Waals surface area (Å²) in [6.45, 7) is 3.11. The lowest BCUT2D eigenvalue weighted by Crippen LogP contribution is -2.79. The zero-order valence-electron chi connectivity index (χ0n) is 19.7. The molecule has 180 valence electrons. The number of piperidine rings is 2. The Morgan fingerprint density at radius 2 is 1.54 bits per heavy atom. The fraction of sp³-hybridized carbons (Fsp3) is 0.538. The number of fused-ring (bicyclic) bond motifs is 2. The molecule has 5 heterocycles. The van der Waals surface area contributed by atoms with Gasteiger partial charge in [-0.15, -0.1) is 0 Å². The molecular formula is C26H28N6O2S. The van der Waals surface area contributed by atoms with Crippen molar-refractivity contribution in [2.24, 2.45) is 21.2 Å². The van der Waals surface area contributed by atoms with E-state index in [4.69, 9.17) is 26.0 Å². The van der Waals surface area contributed by atoms with Gasteiger partial charge in [-0.25, -0.2) is 0 Å². The number of likely N-dealkylation sites (tertiary alicyclic amines) is 1. The molecule has 2 atom stereocenters. The first kappa shape index (κ1) is 22.5. The molecule has 1 spiro atoms. The van der Waals surface area contributed by atoms with Crippen molar-refractivity contribution in [3.05, 3.63) is 48.3 Å². The molecule has 4 aliphatic rings. The van der Waals surface area contributed by atoms with Crippen LogP contribution in [0.15, 0.2) is 50.6 Å². The topological polar surface area (TPSA) is 95.9 Å². The van der Waals surface area contributed by atoms with Crippen LogP contribution >= 0.6 is 12.2 Å². The Balaban J connectivity index is 1.46. The summed E-state index contributed by atoms with van der Waals surface area (Å²) in [5, 5.41) is 21.9. The van der Waals surface area contributed by atoms with Gasteiger partial charge in [0.2, 0.25) is 0 Å². The minimum atomic E-state index is -0.948. The SMILES string of the molecule is N#C[C@]12CN(Cc3ccco3)C[C@](C#N)(C(=S)N3CN(Cc4ccco4)CN=C31)C21CCCCC1. The van der Waals surface area contributed by atoms with E-state index >= 15 is 0 Å². The highest BCUT2D eigenvalue weighted by Crippen LogP contribution is 2.67. The van der Waals surface area contributed by atoms with E-state index in [0.717, 1.165) is 49.5 Å². The average Bonchev–Trinajstić information content (AvgIpc) is 3.59. The maximum absolute atomic E-state index is 11.0. The number of hydrogen-bond donors (Lipinski definition) is 0. The van der Waals surface area contributed by atoms with Gasteiger partial charge >= 0.3 is 0 Å². The van der Waals surface area contributed by atoms with Gasteiger partial charge in [0.15, 0.2) is 0 Å². The lowest BCUT2D eigenvalue weighted by molar-refractivity contribution is -0.0881. The van der Waals surface area contributed by atoms with E-state index in [2.05, 4.69) is 21.9 Å². The first-order valence-electron chi connectivity index (χ1n) is 12.3. The number of amidine groups is 1. The standard InChI is InChI=1S/C26H28N6O2S/c27-14-24-16-30(12-20-6-4-10-33-20)17-25(15-28,26(24)8-2-1-3-9-26)23(35)32-19-31(18-29-22(24)32)13-21-7-5-11-34-21/h4-7,10-11H,1-3,8-9,12-13,16-19H2/t24-,25+/m0/s1. The van der Waals surface area contributed by atoms with Crippen molar-refractivity contribution in [3.8, 4) is 12.1 Å². The van der Waals surface area contributed by atoms with Gasteiger partial charge in [0.05, 0.1) is 51.1 Å². The molecule has 3 fully saturated rings. The quantitative estimate of drug-likeness (QED) is 0.593. The van der Waals surface area contributed by atoms with Gasteiger partial charge in [0.1, 0.15) is 33.2 Å². The molecule has 2 saturated heterocycles. The molecule has 2 aromatic heterocycles. The molecule has 0 amide bonds. The van der Waals surface area contributed by atoms with Gasteiger partial charge in [-0.05, 0) is 37.1 Å². The van der Waals surface area contributed by atoms with Crippen LogP contribution in [0.4, 0.5) is 0 Å². The second-order valence-electron chi connectivity index (χ2n) is 10.3. The molecule has 2 bridgehead atoms. The Kier molecular flexibility index (Phi) is 5.33. The van der Waals surface area contributed by atoms with Gasteiger partial charge in [-0.3, -0.25) is 14.8 Å². The summed E-state index contributed by atoms with van der Waals surface area (Å²) in [5.74, 6) is 2.42. The van der Waals surface area contributed by atoms with Crippen molar-refractivity contribution in [2.75, 3.05) is 26.4 Å². The molecule has 35 heavy (non-hydrogen) atoms. The molecule has 0 radical (unpaired) electrons. The first-order valence-corrected chi connectivity index (χ1v) is 12.7. The number of aliphatic imine (C=N–C) groups is 1. The Bertz CT molecular complexity index is 1220. The second-order valence-corrected chi connectivity index (χ2v) is 10.7. The highest BCUT2D eigenvalue weighted by molar-refractivity contribution is 7.80. The number of thiocarbonyl (C=S) groups is 1. The van der Waals surface area contributed by atoms with Crippen molar-refractivity contribution in [1.82, 2.24) is 14.7 Å². The van der Waals surface area contributed by atoms with E-state index in [-0.39, 0.29) is 0 Å². The summed E-state index contributed by atoms with van der Waals surface area (Å²) < 4.78 is 11.2. The summed E-state index contributed by atoms with van der Waals surface area (Å²) in [6.07, 6.45) is 8.11. The second kappa shape index (κ2) is 8.30. The zero-order chi connectivity index (χ0) is 24.1. The summed E-state index contributed by atoms with van der Waals surface area (Å²) in [7, 11) is 0. The van der Waals surface area contributed by atoms with Crippen LogP contribution in [0.3, 0.4) is 0 Å². The largest absolute Gasteiger partial charge is 0.468 e. The molecule has 1 aliphatic carbocycles. The lowest BCUT2D eigenvalue weighted by atomic mass is 9.42. The maximum Gasteiger partial charge on any atom is 0.135 e. The van der Waals surface area contributed by atoms with E-state index < -0.39 is 16.2 Å². The van der Waals surface area contributed by atoms with Gasteiger partial charge in [-0.1, -0.05) is 31.5 Å². The fourth-order valence-electron chi connectivity index (χ4n) is 7.12. The minimum Gasteiger partial charge on any atom is -0.468 e. The predicted octanol–water partition coefficient (Wildman–Crippen LogP) is 4.13. The number of nitriles is 2. The van der Waals surface area contributed by atoms with Gasteiger partial charge in [-0.2, -0.15) is 10.5 Å². The van der Waals surface area contributed by atoms with Crippen LogP contribution in [0, 0.1) is 38.9 Å². The van der Waals surface area contributed by atoms with Crippen LogP contribution in [0.1, 0.15) is 43.6 Å². The normalized spacial score (nSPS) is 30.4. The number of rotatable bonds is 4. The number of nitrogens with zero attached hydrogens (tertiary/aromatic N) is 6. The fourth-order valence-corrected chi connectivity index (χ4v) is 7.57. The van der Waals surface area contributed by atoms with Gasteiger partial charge in [0, 0.05) is 18.5 Å². The van der Waals surface area contributed by atoms with Crippen molar-refractivity contribution < 1.29 is 8.83 Å². The Morgan fingerprint density at radius 1 is 0.914 bits per heavy atom. The zero-order valence-corrected chi connectivity index (χ0v) is 20.5. The van der Waals surface area contributed by atoms with E-state index in [9.17, 15) is 10.5 Å². The summed E-state index contributed by atoms with van der Waals surface area (Å²) in [4.78, 5) is 12.0. The third-order valence-corrected chi connectivity index (χ3v) is 9.14. The number of hydrogen-bond acceptors (Lipinski definition) is 8. The van der Waals surface area contributed by atoms with Crippen molar-refractivity contribution in [3.63, 3.8) is 0 Å². The monoisotopic (exact) mass is 488 g/mol.